The number of rotatable bonds is 5. The van der Waals surface area contributed by atoms with Gasteiger partial charge in [0.2, 0.25) is 0 Å². The molecular formula is C13H19ClN2O2. The van der Waals surface area contributed by atoms with Gasteiger partial charge < -0.3 is 9.47 Å². The zero-order valence-corrected chi connectivity index (χ0v) is 11.2. The summed E-state index contributed by atoms with van der Waals surface area (Å²) in [5, 5.41) is 0.689. The minimum atomic E-state index is 0.0327. The number of nitrogens with two attached hydrogens (primary N) is 1. The molecule has 0 spiro atoms. The number of hydrazine groups is 1. The van der Waals surface area contributed by atoms with Crippen molar-refractivity contribution in [1.82, 2.24) is 5.43 Å². The van der Waals surface area contributed by atoms with Crippen LogP contribution >= 0.6 is 11.6 Å². The molecule has 0 amide bonds. The summed E-state index contributed by atoms with van der Waals surface area (Å²) >= 11 is 6.04. The van der Waals surface area contributed by atoms with Crippen LogP contribution in [0.15, 0.2) is 18.2 Å². The van der Waals surface area contributed by atoms with Gasteiger partial charge in [-0.05, 0) is 37.0 Å². The van der Waals surface area contributed by atoms with Crippen LogP contribution in [-0.2, 0) is 4.74 Å². The molecule has 3 N–H and O–H groups in total. The Kier molecular flexibility index (Phi) is 4.83. The molecule has 1 aromatic rings. The summed E-state index contributed by atoms with van der Waals surface area (Å²) in [6, 6.07) is 5.62. The van der Waals surface area contributed by atoms with Gasteiger partial charge in [-0.2, -0.15) is 0 Å². The number of ether oxygens (including phenoxy) is 2. The van der Waals surface area contributed by atoms with Crippen LogP contribution in [0.25, 0.3) is 0 Å². The van der Waals surface area contributed by atoms with Crippen molar-refractivity contribution in [2.24, 2.45) is 11.8 Å². The van der Waals surface area contributed by atoms with Gasteiger partial charge in [-0.1, -0.05) is 11.6 Å². The third-order valence-electron chi connectivity index (χ3n) is 3.36. The maximum Gasteiger partial charge on any atom is 0.123 e. The Morgan fingerprint density at radius 2 is 2.44 bits per heavy atom. The normalized spacial score (nSPS) is 20.9. The fraction of sp³-hybridized carbons (Fsp3) is 0.538. The molecule has 0 saturated carbocycles. The van der Waals surface area contributed by atoms with E-state index < -0.39 is 0 Å². The molecule has 0 aliphatic carbocycles. The molecule has 0 radical (unpaired) electrons. The van der Waals surface area contributed by atoms with Crippen LogP contribution in [0.2, 0.25) is 5.02 Å². The molecule has 1 heterocycles. The number of benzene rings is 1. The highest BCUT2D eigenvalue weighted by molar-refractivity contribution is 6.30. The molecule has 2 rings (SSSR count). The van der Waals surface area contributed by atoms with Crippen molar-refractivity contribution in [3.8, 4) is 5.75 Å². The fourth-order valence-corrected chi connectivity index (χ4v) is 2.55. The Labute approximate surface area is 112 Å². The van der Waals surface area contributed by atoms with Crippen LogP contribution < -0.4 is 16.0 Å². The van der Waals surface area contributed by atoms with Gasteiger partial charge in [0.15, 0.2) is 0 Å². The van der Waals surface area contributed by atoms with E-state index in [-0.39, 0.29) is 6.04 Å². The van der Waals surface area contributed by atoms with Crippen LogP contribution in [0, 0.1) is 5.92 Å². The first-order chi connectivity index (χ1) is 8.74. The SMILES string of the molecule is COc1ccc(Cl)cc1C(CC1CCOC1)NN. The van der Waals surface area contributed by atoms with Crippen LogP contribution in [0.3, 0.4) is 0 Å². The van der Waals surface area contributed by atoms with Crippen molar-refractivity contribution >= 4 is 11.6 Å². The summed E-state index contributed by atoms with van der Waals surface area (Å²) in [5.41, 5.74) is 3.85. The van der Waals surface area contributed by atoms with Crippen molar-refractivity contribution in [3.05, 3.63) is 28.8 Å². The molecule has 1 aliphatic heterocycles. The van der Waals surface area contributed by atoms with Crippen LogP contribution in [0.5, 0.6) is 5.75 Å². The Morgan fingerprint density at radius 3 is 3.06 bits per heavy atom. The minimum Gasteiger partial charge on any atom is -0.496 e. The molecule has 0 aromatic heterocycles. The first-order valence-electron chi connectivity index (χ1n) is 6.12. The van der Waals surface area contributed by atoms with Gasteiger partial charge >= 0.3 is 0 Å². The number of hydrogen-bond acceptors (Lipinski definition) is 4. The fourth-order valence-electron chi connectivity index (χ4n) is 2.36. The minimum absolute atomic E-state index is 0.0327. The van der Waals surface area contributed by atoms with Gasteiger partial charge in [0.25, 0.3) is 0 Å². The van der Waals surface area contributed by atoms with E-state index in [0.29, 0.717) is 10.9 Å². The number of nitrogens with one attached hydrogen (secondary N) is 1. The molecule has 0 bridgehead atoms. The van der Waals surface area contributed by atoms with E-state index in [2.05, 4.69) is 5.43 Å². The second-order valence-electron chi connectivity index (χ2n) is 4.57. The van der Waals surface area contributed by atoms with Crippen LogP contribution in [-0.4, -0.2) is 20.3 Å². The predicted molar refractivity (Wildman–Crippen MR) is 71.6 cm³/mol. The van der Waals surface area contributed by atoms with Crippen molar-refractivity contribution in [3.63, 3.8) is 0 Å². The zero-order chi connectivity index (χ0) is 13.0. The molecular weight excluding hydrogens is 252 g/mol. The average Bonchev–Trinajstić information content (AvgIpc) is 2.88. The van der Waals surface area contributed by atoms with Crippen molar-refractivity contribution in [2.75, 3.05) is 20.3 Å². The molecule has 1 aliphatic rings. The lowest BCUT2D eigenvalue weighted by Crippen LogP contribution is -2.30. The maximum atomic E-state index is 6.04. The summed E-state index contributed by atoms with van der Waals surface area (Å²) < 4.78 is 10.8. The van der Waals surface area contributed by atoms with Crippen molar-refractivity contribution in [2.45, 2.75) is 18.9 Å². The highest BCUT2D eigenvalue weighted by Gasteiger charge is 2.23. The lowest BCUT2D eigenvalue weighted by Gasteiger charge is -2.21. The standard InChI is InChI=1S/C13H19ClN2O2/c1-17-13-3-2-10(14)7-11(13)12(16-15)6-9-4-5-18-8-9/h2-3,7,9,12,16H,4-6,8,15H2,1H3. The molecule has 4 nitrogen and oxygen atoms in total. The molecule has 2 unspecified atom stereocenters. The monoisotopic (exact) mass is 270 g/mol. The Balaban J connectivity index is 2.17. The van der Waals surface area contributed by atoms with E-state index >= 15 is 0 Å². The predicted octanol–water partition coefficient (Wildman–Crippen LogP) is 2.28. The summed E-state index contributed by atoms with van der Waals surface area (Å²) in [6.45, 7) is 1.65. The molecule has 2 atom stereocenters. The molecule has 1 aromatic carbocycles. The summed E-state index contributed by atoms with van der Waals surface area (Å²) in [7, 11) is 1.65. The Bertz CT molecular complexity index is 395. The van der Waals surface area contributed by atoms with E-state index in [1.54, 1.807) is 7.11 Å². The quantitative estimate of drug-likeness (QED) is 0.637. The van der Waals surface area contributed by atoms with Gasteiger partial charge in [0.1, 0.15) is 5.75 Å². The molecule has 1 fully saturated rings. The second kappa shape index (κ2) is 6.38. The van der Waals surface area contributed by atoms with Crippen molar-refractivity contribution in [1.29, 1.82) is 0 Å². The smallest absolute Gasteiger partial charge is 0.123 e. The average molecular weight is 271 g/mol. The first kappa shape index (κ1) is 13.6. The number of methoxy groups -OCH3 is 1. The summed E-state index contributed by atoms with van der Waals surface area (Å²) in [6.07, 6.45) is 2.01. The van der Waals surface area contributed by atoms with Crippen molar-refractivity contribution < 1.29 is 9.47 Å². The molecule has 100 valence electrons. The van der Waals surface area contributed by atoms with E-state index in [4.69, 9.17) is 26.9 Å². The van der Waals surface area contributed by atoms with E-state index in [0.717, 1.165) is 37.4 Å². The van der Waals surface area contributed by atoms with Gasteiger partial charge in [-0.15, -0.1) is 0 Å². The third kappa shape index (κ3) is 3.14. The van der Waals surface area contributed by atoms with Gasteiger partial charge in [-0.25, -0.2) is 0 Å². The molecule has 1 saturated heterocycles. The van der Waals surface area contributed by atoms with E-state index in [1.165, 1.54) is 0 Å². The highest BCUT2D eigenvalue weighted by Crippen LogP contribution is 2.33. The summed E-state index contributed by atoms with van der Waals surface area (Å²) in [5.74, 6) is 7.01. The first-order valence-corrected chi connectivity index (χ1v) is 6.49. The lowest BCUT2D eigenvalue weighted by molar-refractivity contribution is 0.181. The summed E-state index contributed by atoms with van der Waals surface area (Å²) in [4.78, 5) is 0. The largest absolute Gasteiger partial charge is 0.496 e. The number of halogens is 1. The zero-order valence-electron chi connectivity index (χ0n) is 10.5. The molecule has 5 heteroatoms. The van der Waals surface area contributed by atoms with Gasteiger partial charge in [0.05, 0.1) is 13.2 Å². The van der Waals surface area contributed by atoms with E-state index in [9.17, 15) is 0 Å². The van der Waals surface area contributed by atoms with Crippen LogP contribution in [0.4, 0.5) is 0 Å². The maximum absolute atomic E-state index is 6.04. The lowest BCUT2D eigenvalue weighted by atomic mass is 9.94. The third-order valence-corrected chi connectivity index (χ3v) is 3.60. The Morgan fingerprint density at radius 1 is 1.61 bits per heavy atom. The molecule has 18 heavy (non-hydrogen) atoms. The topological polar surface area (TPSA) is 56.5 Å². The highest BCUT2D eigenvalue weighted by atomic mass is 35.5. The van der Waals surface area contributed by atoms with Gasteiger partial charge in [0, 0.05) is 23.8 Å². The second-order valence-corrected chi connectivity index (χ2v) is 5.01. The van der Waals surface area contributed by atoms with Crippen LogP contribution in [0.1, 0.15) is 24.4 Å². The van der Waals surface area contributed by atoms with E-state index in [1.807, 2.05) is 18.2 Å². The van der Waals surface area contributed by atoms with Gasteiger partial charge in [-0.3, -0.25) is 11.3 Å². The number of hydrogen-bond donors (Lipinski definition) is 2. The Hall–Kier alpha value is -0.810.